The van der Waals surface area contributed by atoms with Gasteiger partial charge in [-0.05, 0) is 36.3 Å². The molecule has 0 bridgehead atoms. The average Bonchev–Trinajstić information content (AvgIpc) is 2.59. The van der Waals surface area contributed by atoms with Crippen molar-refractivity contribution in [2.75, 3.05) is 13.1 Å². The molecule has 3 nitrogen and oxygen atoms in total. The van der Waals surface area contributed by atoms with Crippen molar-refractivity contribution < 1.29 is 4.74 Å². The van der Waals surface area contributed by atoms with Gasteiger partial charge in [0.2, 0.25) is 0 Å². The third-order valence-electron chi connectivity index (χ3n) is 3.74. The monoisotopic (exact) mass is 294 g/mol. The summed E-state index contributed by atoms with van der Waals surface area (Å²) >= 11 is 0. The fraction of sp³-hybridized carbons (Fsp3) is 0.316. The normalized spacial score (nSPS) is 11.9. The Labute approximate surface area is 132 Å². The smallest absolute Gasteiger partial charge is 0.123 e. The van der Waals surface area contributed by atoms with Gasteiger partial charge in [-0.1, -0.05) is 56.3 Å². The highest BCUT2D eigenvalue weighted by molar-refractivity contribution is 5.32. The molecule has 3 heteroatoms. The molecule has 0 heterocycles. The highest BCUT2D eigenvalue weighted by Crippen LogP contribution is 2.22. The molecular weight excluding hydrogens is 272 g/mol. The van der Waals surface area contributed by atoms with E-state index in [0.717, 1.165) is 30.0 Å². The Morgan fingerprint density at radius 1 is 1.00 bits per heavy atom. The van der Waals surface area contributed by atoms with Crippen molar-refractivity contribution in [1.82, 2.24) is 4.90 Å². The largest absolute Gasteiger partial charge is 0.489 e. The van der Waals surface area contributed by atoms with Gasteiger partial charge in [-0.2, -0.15) is 5.26 Å². The average molecular weight is 294 g/mol. The Morgan fingerprint density at radius 3 is 2.18 bits per heavy atom. The van der Waals surface area contributed by atoms with Crippen LogP contribution in [0.2, 0.25) is 0 Å². The van der Waals surface area contributed by atoms with Crippen LogP contribution in [0.3, 0.4) is 0 Å². The number of benzene rings is 2. The Kier molecular flexibility index (Phi) is 6.00. The van der Waals surface area contributed by atoms with Crippen LogP contribution >= 0.6 is 0 Å². The first kappa shape index (κ1) is 16.1. The lowest BCUT2D eigenvalue weighted by Gasteiger charge is -2.24. The van der Waals surface area contributed by atoms with Gasteiger partial charge in [0.1, 0.15) is 18.4 Å². The van der Waals surface area contributed by atoms with Crippen molar-refractivity contribution in [1.29, 1.82) is 5.26 Å². The minimum Gasteiger partial charge on any atom is -0.489 e. The highest BCUT2D eigenvalue weighted by Gasteiger charge is 2.16. The van der Waals surface area contributed by atoms with Gasteiger partial charge in [0.25, 0.3) is 0 Å². The molecule has 1 atom stereocenters. The molecule has 0 radical (unpaired) electrons. The molecule has 0 spiro atoms. The van der Waals surface area contributed by atoms with Crippen LogP contribution in [0.4, 0.5) is 0 Å². The van der Waals surface area contributed by atoms with Crippen LogP contribution in [-0.2, 0) is 6.61 Å². The van der Waals surface area contributed by atoms with E-state index >= 15 is 0 Å². The number of hydrogen-bond acceptors (Lipinski definition) is 3. The molecule has 0 saturated heterocycles. The summed E-state index contributed by atoms with van der Waals surface area (Å²) < 4.78 is 5.78. The second-order valence-electron chi connectivity index (χ2n) is 5.10. The van der Waals surface area contributed by atoms with Gasteiger partial charge in [0, 0.05) is 0 Å². The fourth-order valence-electron chi connectivity index (χ4n) is 2.44. The Bertz CT molecular complexity index is 598. The van der Waals surface area contributed by atoms with Crippen LogP contribution in [0.5, 0.6) is 5.75 Å². The van der Waals surface area contributed by atoms with Gasteiger partial charge in [-0.3, -0.25) is 4.90 Å². The molecule has 0 fully saturated rings. The van der Waals surface area contributed by atoms with E-state index < -0.39 is 0 Å². The molecule has 0 aliphatic heterocycles. The molecule has 0 N–H and O–H groups in total. The van der Waals surface area contributed by atoms with E-state index in [1.165, 1.54) is 0 Å². The third-order valence-corrected chi connectivity index (χ3v) is 3.74. The van der Waals surface area contributed by atoms with E-state index in [0.29, 0.717) is 6.61 Å². The van der Waals surface area contributed by atoms with Crippen molar-refractivity contribution >= 4 is 0 Å². The molecule has 2 aromatic carbocycles. The second-order valence-corrected chi connectivity index (χ2v) is 5.10. The first-order chi connectivity index (χ1) is 10.8. The van der Waals surface area contributed by atoms with Crippen LogP contribution in [0.25, 0.3) is 0 Å². The Morgan fingerprint density at radius 2 is 1.64 bits per heavy atom. The van der Waals surface area contributed by atoms with Gasteiger partial charge in [0.05, 0.1) is 6.07 Å². The molecule has 0 saturated carbocycles. The lowest BCUT2D eigenvalue weighted by molar-refractivity contribution is 0.262. The SMILES string of the molecule is CCN(CC)C(C#N)c1ccc(OCc2ccccc2)cc1. The van der Waals surface area contributed by atoms with Crippen LogP contribution in [0, 0.1) is 11.3 Å². The number of rotatable bonds is 7. The summed E-state index contributed by atoms with van der Waals surface area (Å²) in [6.45, 7) is 6.43. The lowest BCUT2D eigenvalue weighted by atomic mass is 10.1. The van der Waals surface area contributed by atoms with E-state index in [9.17, 15) is 5.26 Å². The first-order valence-electron chi connectivity index (χ1n) is 7.68. The quantitative estimate of drug-likeness (QED) is 0.769. The van der Waals surface area contributed by atoms with Crippen LogP contribution in [0.1, 0.15) is 31.0 Å². The maximum atomic E-state index is 9.41. The first-order valence-corrected chi connectivity index (χ1v) is 7.68. The van der Waals surface area contributed by atoms with E-state index in [-0.39, 0.29) is 6.04 Å². The van der Waals surface area contributed by atoms with Crippen LogP contribution < -0.4 is 4.74 Å². The number of nitrogens with zero attached hydrogens (tertiary/aromatic N) is 2. The summed E-state index contributed by atoms with van der Waals surface area (Å²) in [6, 6.07) is 20.1. The zero-order valence-electron chi connectivity index (χ0n) is 13.2. The molecule has 2 aromatic rings. The fourth-order valence-corrected chi connectivity index (χ4v) is 2.44. The molecule has 114 valence electrons. The molecule has 0 aliphatic carbocycles. The predicted molar refractivity (Wildman–Crippen MR) is 88.5 cm³/mol. The highest BCUT2D eigenvalue weighted by atomic mass is 16.5. The molecule has 0 aromatic heterocycles. The molecule has 1 unspecified atom stereocenters. The topological polar surface area (TPSA) is 36.3 Å². The van der Waals surface area contributed by atoms with Gasteiger partial charge in [-0.15, -0.1) is 0 Å². The van der Waals surface area contributed by atoms with E-state index in [4.69, 9.17) is 4.74 Å². The van der Waals surface area contributed by atoms with Gasteiger partial charge >= 0.3 is 0 Å². The van der Waals surface area contributed by atoms with Crippen molar-refractivity contribution in [3.8, 4) is 11.8 Å². The summed E-state index contributed by atoms with van der Waals surface area (Å²) in [6.07, 6.45) is 0. The second kappa shape index (κ2) is 8.21. The molecule has 2 rings (SSSR count). The van der Waals surface area contributed by atoms with E-state index in [2.05, 4.69) is 24.8 Å². The maximum absolute atomic E-state index is 9.41. The lowest BCUT2D eigenvalue weighted by Crippen LogP contribution is -2.27. The molecule has 0 amide bonds. The minimum atomic E-state index is -0.196. The minimum absolute atomic E-state index is 0.196. The van der Waals surface area contributed by atoms with E-state index in [1.807, 2.05) is 54.6 Å². The molecule has 22 heavy (non-hydrogen) atoms. The zero-order valence-corrected chi connectivity index (χ0v) is 13.2. The summed E-state index contributed by atoms with van der Waals surface area (Å²) in [5, 5.41) is 9.41. The third kappa shape index (κ3) is 4.09. The maximum Gasteiger partial charge on any atom is 0.123 e. The van der Waals surface area contributed by atoms with Gasteiger partial charge in [0.15, 0.2) is 0 Å². The summed E-state index contributed by atoms with van der Waals surface area (Å²) in [5.74, 6) is 0.823. The Balaban J connectivity index is 2.02. The van der Waals surface area contributed by atoms with Gasteiger partial charge < -0.3 is 4.74 Å². The molecular formula is C19H22N2O. The van der Waals surface area contributed by atoms with Crippen molar-refractivity contribution in [3.05, 3.63) is 65.7 Å². The Hall–Kier alpha value is -2.31. The van der Waals surface area contributed by atoms with Crippen molar-refractivity contribution in [3.63, 3.8) is 0 Å². The van der Waals surface area contributed by atoms with E-state index in [1.54, 1.807) is 0 Å². The molecule has 0 aliphatic rings. The van der Waals surface area contributed by atoms with Crippen LogP contribution in [0.15, 0.2) is 54.6 Å². The summed E-state index contributed by atoms with van der Waals surface area (Å²) in [5.41, 5.74) is 2.16. The van der Waals surface area contributed by atoms with Gasteiger partial charge in [-0.25, -0.2) is 0 Å². The number of ether oxygens (including phenoxy) is 1. The van der Waals surface area contributed by atoms with Crippen molar-refractivity contribution in [2.45, 2.75) is 26.5 Å². The predicted octanol–water partition coefficient (Wildman–Crippen LogP) is 4.17. The van der Waals surface area contributed by atoms with Crippen molar-refractivity contribution in [2.24, 2.45) is 0 Å². The summed E-state index contributed by atoms with van der Waals surface area (Å²) in [7, 11) is 0. The summed E-state index contributed by atoms with van der Waals surface area (Å²) in [4.78, 5) is 2.14. The number of nitriles is 1. The standard InChI is InChI=1S/C19H22N2O/c1-3-21(4-2)19(14-20)17-10-12-18(13-11-17)22-15-16-8-6-5-7-9-16/h5-13,19H,3-4,15H2,1-2H3. The van der Waals surface area contributed by atoms with Crippen LogP contribution in [-0.4, -0.2) is 18.0 Å². The number of hydrogen-bond donors (Lipinski definition) is 0. The zero-order chi connectivity index (χ0) is 15.8.